The average molecular weight is 263 g/mol. The molecule has 0 aliphatic heterocycles. The standard InChI is InChI=1S/C11H12F3NOS/c1-7-2-3-8(10(15)17)6-9(7)16-5-4-11(12,13)14/h2-3,6H,4-5H2,1H3,(H2,15,17). The van der Waals surface area contributed by atoms with Gasteiger partial charge in [-0.1, -0.05) is 24.4 Å². The van der Waals surface area contributed by atoms with Crippen LogP contribution in [0.15, 0.2) is 18.2 Å². The Kier molecular flexibility index (Phi) is 4.34. The van der Waals surface area contributed by atoms with Crippen LogP contribution >= 0.6 is 12.2 Å². The van der Waals surface area contributed by atoms with Gasteiger partial charge < -0.3 is 10.5 Å². The van der Waals surface area contributed by atoms with Gasteiger partial charge in [0, 0.05) is 5.56 Å². The van der Waals surface area contributed by atoms with Gasteiger partial charge in [0.2, 0.25) is 0 Å². The summed E-state index contributed by atoms with van der Waals surface area (Å²) in [4.78, 5) is 0.186. The fourth-order valence-corrected chi connectivity index (χ4v) is 1.31. The molecule has 94 valence electrons. The molecule has 0 amide bonds. The first-order valence-corrected chi connectivity index (χ1v) is 5.30. The first-order chi connectivity index (χ1) is 7.79. The Balaban J connectivity index is 2.70. The highest BCUT2D eigenvalue weighted by molar-refractivity contribution is 7.80. The molecule has 0 bridgehead atoms. The normalized spacial score (nSPS) is 11.3. The molecule has 0 radical (unpaired) electrons. The Hall–Kier alpha value is -1.30. The number of aryl methyl sites for hydroxylation is 1. The van der Waals surface area contributed by atoms with Crippen LogP contribution < -0.4 is 10.5 Å². The van der Waals surface area contributed by atoms with E-state index in [4.69, 9.17) is 22.7 Å². The molecular formula is C11H12F3NOS. The number of rotatable bonds is 4. The average Bonchev–Trinajstić information content (AvgIpc) is 2.18. The molecule has 1 rings (SSSR count). The first kappa shape index (κ1) is 13.8. The Morgan fingerprint density at radius 2 is 2.06 bits per heavy atom. The van der Waals surface area contributed by atoms with Crippen molar-refractivity contribution in [1.29, 1.82) is 0 Å². The second-order valence-electron chi connectivity index (χ2n) is 3.56. The van der Waals surface area contributed by atoms with Crippen molar-refractivity contribution in [1.82, 2.24) is 0 Å². The largest absolute Gasteiger partial charge is 0.493 e. The van der Waals surface area contributed by atoms with Crippen LogP contribution in [-0.4, -0.2) is 17.8 Å². The van der Waals surface area contributed by atoms with Crippen molar-refractivity contribution in [3.63, 3.8) is 0 Å². The zero-order chi connectivity index (χ0) is 13.1. The molecule has 0 heterocycles. The summed E-state index contributed by atoms with van der Waals surface area (Å²) in [5, 5.41) is 0. The maximum absolute atomic E-state index is 11.9. The molecule has 0 atom stereocenters. The summed E-state index contributed by atoms with van der Waals surface area (Å²) in [6, 6.07) is 4.96. The van der Waals surface area contributed by atoms with Crippen LogP contribution in [0, 0.1) is 6.92 Å². The molecule has 2 N–H and O–H groups in total. The number of nitrogens with two attached hydrogens (primary N) is 1. The van der Waals surface area contributed by atoms with Crippen LogP contribution in [0.25, 0.3) is 0 Å². The van der Waals surface area contributed by atoms with Crippen LogP contribution in [0.3, 0.4) is 0 Å². The van der Waals surface area contributed by atoms with Crippen molar-refractivity contribution in [3.05, 3.63) is 29.3 Å². The highest BCUT2D eigenvalue weighted by atomic mass is 32.1. The van der Waals surface area contributed by atoms with Gasteiger partial charge in [-0.3, -0.25) is 0 Å². The number of alkyl halides is 3. The van der Waals surface area contributed by atoms with Crippen LogP contribution in [0.5, 0.6) is 5.75 Å². The Morgan fingerprint density at radius 3 is 2.59 bits per heavy atom. The molecule has 17 heavy (non-hydrogen) atoms. The molecule has 0 unspecified atom stereocenters. The van der Waals surface area contributed by atoms with Gasteiger partial charge in [0.05, 0.1) is 13.0 Å². The summed E-state index contributed by atoms with van der Waals surface area (Å²) in [5.41, 5.74) is 6.75. The van der Waals surface area contributed by atoms with Gasteiger partial charge in [0.1, 0.15) is 10.7 Å². The minimum Gasteiger partial charge on any atom is -0.493 e. The van der Waals surface area contributed by atoms with E-state index in [1.54, 1.807) is 25.1 Å². The van der Waals surface area contributed by atoms with Crippen LogP contribution in [0.4, 0.5) is 13.2 Å². The van der Waals surface area contributed by atoms with Crippen LogP contribution in [0.1, 0.15) is 17.5 Å². The van der Waals surface area contributed by atoms with Crippen molar-refractivity contribution >= 4 is 17.2 Å². The van der Waals surface area contributed by atoms with E-state index in [1.807, 2.05) is 0 Å². The minimum absolute atomic E-state index is 0.186. The SMILES string of the molecule is Cc1ccc(C(N)=S)cc1OCCC(F)(F)F. The lowest BCUT2D eigenvalue weighted by molar-refractivity contribution is -0.139. The van der Waals surface area contributed by atoms with Gasteiger partial charge in [0.15, 0.2) is 0 Å². The molecule has 1 aromatic rings. The van der Waals surface area contributed by atoms with Crippen LogP contribution in [0.2, 0.25) is 0 Å². The molecule has 2 nitrogen and oxygen atoms in total. The second-order valence-corrected chi connectivity index (χ2v) is 4.00. The summed E-state index contributed by atoms with van der Waals surface area (Å²) in [6.45, 7) is 1.33. The first-order valence-electron chi connectivity index (χ1n) is 4.89. The molecule has 0 spiro atoms. The number of halogens is 3. The highest BCUT2D eigenvalue weighted by Crippen LogP contribution is 2.23. The third-order valence-corrected chi connectivity index (χ3v) is 2.35. The quantitative estimate of drug-likeness (QED) is 0.848. The Labute approximate surface area is 103 Å². The maximum atomic E-state index is 11.9. The summed E-state index contributed by atoms with van der Waals surface area (Å²) in [6.07, 6.45) is -5.20. The summed E-state index contributed by atoms with van der Waals surface area (Å²) in [7, 11) is 0. The fourth-order valence-electron chi connectivity index (χ4n) is 1.19. The topological polar surface area (TPSA) is 35.2 Å². The monoisotopic (exact) mass is 263 g/mol. The van der Waals surface area contributed by atoms with Crippen molar-refractivity contribution < 1.29 is 17.9 Å². The lowest BCUT2D eigenvalue weighted by Gasteiger charge is -2.11. The number of hydrogen-bond acceptors (Lipinski definition) is 2. The van der Waals surface area contributed by atoms with Crippen molar-refractivity contribution in [2.24, 2.45) is 5.73 Å². The van der Waals surface area contributed by atoms with E-state index in [2.05, 4.69) is 0 Å². The summed E-state index contributed by atoms with van der Waals surface area (Å²) < 4.78 is 40.9. The number of ether oxygens (including phenoxy) is 1. The van der Waals surface area contributed by atoms with Crippen molar-refractivity contribution in [2.45, 2.75) is 19.5 Å². The number of thiocarbonyl (C=S) groups is 1. The van der Waals surface area contributed by atoms with Gasteiger partial charge in [-0.25, -0.2) is 0 Å². The molecular weight excluding hydrogens is 251 g/mol. The molecule has 0 saturated heterocycles. The highest BCUT2D eigenvalue weighted by Gasteiger charge is 2.26. The minimum atomic E-state index is -4.21. The van der Waals surface area contributed by atoms with Crippen LogP contribution in [-0.2, 0) is 0 Å². The lowest BCUT2D eigenvalue weighted by Crippen LogP contribution is -2.14. The lowest BCUT2D eigenvalue weighted by atomic mass is 10.1. The Morgan fingerprint density at radius 1 is 1.41 bits per heavy atom. The van der Waals surface area contributed by atoms with Gasteiger partial charge >= 0.3 is 6.18 Å². The molecule has 6 heteroatoms. The second kappa shape index (κ2) is 5.35. The van der Waals surface area contributed by atoms with E-state index in [1.165, 1.54) is 0 Å². The molecule has 0 fully saturated rings. The predicted octanol–water partition coefficient (Wildman–Crippen LogP) is 2.96. The molecule has 0 saturated carbocycles. The zero-order valence-electron chi connectivity index (χ0n) is 9.17. The molecule has 0 aromatic heterocycles. The third kappa shape index (κ3) is 4.60. The van der Waals surface area contributed by atoms with Gasteiger partial charge in [-0.2, -0.15) is 13.2 Å². The van der Waals surface area contributed by atoms with E-state index in [0.717, 1.165) is 5.56 Å². The zero-order valence-corrected chi connectivity index (χ0v) is 9.99. The fraction of sp³-hybridized carbons (Fsp3) is 0.364. The van der Waals surface area contributed by atoms with Crippen molar-refractivity contribution in [2.75, 3.05) is 6.61 Å². The molecule has 1 aromatic carbocycles. The van der Waals surface area contributed by atoms with Crippen molar-refractivity contribution in [3.8, 4) is 5.75 Å². The van der Waals surface area contributed by atoms with Gasteiger partial charge in [-0.05, 0) is 18.6 Å². The molecule has 0 aliphatic rings. The number of benzene rings is 1. The maximum Gasteiger partial charge on any atom is 0.392 e. The van der Waals surface area contributed by atoms with E-state index in [-0.39, 0.29) is 4.99 Å². The summed E-state index contributed by atoms with van der Waals surface area (Å²) in [5.74, 6) is 0.375. The van der Waals surface area contributed by atoms with E-state index < -0.39 is 19.2 Å². The number of hydrogen-bond donors (Lipinski definition) is 1. The third-order valence-electron chi connectivity index (χ3n) is 2.12. The van der Waals surface area contributed by atoms with E-state index in [0.29, 0.717) is 11.3 Å². The molecule has 0 aliphatic carbocycles. The van der Waals surface area contributed by atoms with Gasteiger partial charge in [0.25, 0.3) is 0 Å². The van der Waals surface area contributed by atoms with E-state index >= 15 is 0 Å². The van der Waals surface area contributed by atoms with Gasteiger partial charge in [-0.15, -0.1) is 0 Å². The summed E-state index contributed by atoms with van der Waals surface area (Å²) >= 11 is 4.78. The Bertz CT molecular complexity index is 418. The smallest absolute Gasteiger partial charge is 0.392 e. The predicted molar refractivity (Wildman–Crippen MR) is 63.2 cm³/mol. The van der Waals surface area contributed by atoms with E-state index in [9.17, 15) is 13.2 Å².